The van der Waals surface area contributed by atoms with Crippen LogP contribution in [0.25, 0.3) is 0 Å². The molecule has 9 nitrogen and oxygen atoms in total. The van der Waals surface area contributed by atoms with E-state index in [1.807, 2.05) is 13.8 Å². The van der Waals surface area contributed by atoms with Crippen LogP contribution in [0, 0.1) is 0 Å². The predicted octanol–water partition coefficient (Wildman–Crippen LogP) is 2.39. The Morgan fingerprint density at radius 2 is 1.87 bits per heavy atom. The number of aromatic hydroxyl groups is 1. The van der Waals surface area contributed by atoms with Crippen LogP contribution >= 0.6 is 11.6 Å². The lowest BCUT2D eigenvalue weighted by Crippen LogP contribution is -2.42. The van der Waals surface area contributed by atoms with Crippen molar-refractivity contribution in [1.82, 2.24) is 4.31 Å². The van der Waals surface area contributed by atoms with E-state index in [-0.39, 0.29) is 40.3 Å². The summed E-state index contributed by atoms with van der Waals surface area (Å²) in [6, 6.07) is 2.46. The molecule has 0 spiro atoms. The Balaban J connectivity index is 1.93. The number of benzene rings is 1. The van der Waals surface area contributed by atoms with Crippen LogP contribution in [0.2, 0.25) is 5.02 Å². The molecular formula is C20H26ClN3O6S. The maximum atomic E-state index is 12.5. The van der Waals surface area contributed by atoms with Gasteiger partial charge in [0.25, 0.3) is 10.9 Å². The lowest BCUT2D eigenvalue weighted by molar-refractivity contribution is 0.0438. The highest BCUT2D eigenvalue weighted by Gasteiger charge is 2.32. The Morgan fingerprint density at radius 3 is 2.42 bits per heavy atom. The van der Waals surface area contributed by atoms with Crippen molar-refractivity contribution >= 4 is 38.7 Å². The standard InChI is InChI=1S/C20H26ClN3O6S/c1-5-12(14-9-6-10(2)30-14)22-15-16(19(27)18(15)26)23-13-8-7-11(21)20(17(13)25)31(28,29)24(3)4/h7-8,10,12,14,22-23,25H,5-6,9H2,1-4H3/t10-,12?,14-/m1/s1. The van der Waals surface area contributed by atoms with E-state index in [1.54, 1.807) is 0 Å². The van der Waals surface area contributed by atoms with Gasteiger partial charge in [-0.05, 0) is 38.3 Å². The molecule has 1 heterocycles. The molecule has 3 N–H and O–H groups in total. The highest BCUT2D eigenvalue weighted by molar-refractivity contribution is 7.89. The SMILES string of the molecule is CCC(Nc1c(Nc2ccc(Cl)c(S(=O)(=O)N(C)C)c2O)c(=O)c1=O)[C@H]1CC[C@@H](C)O1. The van der Waals surface area contributed by atoms with E-state index < -0.39 is 31.5 Å². The van der Waals surface area contributed by atoms with Crippen molar-refractivity contribution < 1.29 is 18.3 Å². The third-order valence-electron chi connectivity index (χ3n) is 5.48. The summed E-state index contributed by atoms with van der Waals surface area (Å²) in [5.41, 5.74) is -1.45. The monoisotopic (exact) mass is 471 g/mol. The van der Waals surface area contributed by atoms with Crippen LogP contribution in [0.3, 0.4) is 0 Å². The number of phenolic OH excluding ortho intramolecular Hbond substituents is 1. The molecule has 31 heavy (non-hydrogen) atoms. The van der Waals surface area contributed by atoms with E-state index in [2.05, 4.69) is 10.6 Å². The Bertz CT molecular complexity index is 1160. The van der Waals surface area contributed by atoms with E-state index in [4.69, 9.17) is 16.3 Å². The average Bonchev–Trinajstić information content (AvgIpc) is 3.14. The fourth-order valence-electron chi connectivity index (χ4n) is 3.63. The highest BCUT2D eigenvalue weighted by atomic mass is 35.5. The first-order chi connectivity index (χ1) is 14.5. The van der Waals surface area contributed by atoms with Gasteiger partial charge in [0, 0.05) is 14.1 Å². The molecule has 1 aliphatic rings. The van der Waals surface area contributed by atoms with Crippen LogP contribution in [0.5, 0.6) is 5.75 Å². The van der Waals surface area contributed by atoms with Gasteiger partial charge in [0.05, 0.1) is 29.0 Å². The molecule has 1 fully saturated rings. The summed E-state index contributed by atoms with van der Waals surface area (Å²) >= 11 is 6.01. The number of hydrogen-bond acceptors (Lipinski definition) is 8. The minimum atomic E-state index is -4.05. The summed E-state index contributed by atoms with van der Waals surface area (Å²) in [6.07, 6.45) is 2.48. The zero-order chi connectivity index (χ0) is 23.1. The number of phenols is 1. The normalized spacial score (nSPS) is 20.3. The van der Waals surface area contributed by atoms with Crippen molar-refractivity contribution in [3.8, 4) is 5.75 Å². The predicted molar refractivity (Wildman–Crippen MR) is 120 cm³/mol. The zero-order valence-corrected chi connectivity index (χ0v) is 19.3. The Morgan fingerprint density at radius 1 is 1.23 bits per heavy atom. The molecule has 0 aliphatic carbocycles. The van der Waals surface area contributed by atoms with Crippen LogP contribution in [0.4, 0.5) is 17.1 Å². The summed E-state index contributed by atoms with van der Waals surface area (Å²) in [6.45, 7) is 3.94. The molecule has 1 aliphatic heterocycles. The summed E-state index contributed by atoms with van der Waals surface area (Å²) in [7, 11) is -1.44. The minimum absolute atomic E-state index is 0.0414. The van der Waals surface area contributed by atoms with Crippen LogP contribution in [0.1, 0.15) is 33.1 Å². The molecule has 11 heteroatoms. The lowest BCUT2D eigenvalue weighted by Gasteiger charge is -2.26. The van der Waals surface area contributed by atoms with Gasteiger partial charge in [0.1, 0.15) is 16.3 Å². The van der Waals surface area contributed by atoms with Gasteiger partial charge in [0.2, 0.25) is 10.0 Å². The first-order valence-electron chi connectivity index (χ1n) is 9.95. The molecule has 1 saturated heterocycles. The van der Waals surface area contributed by atoms with Crippen LogP contribution in [-0.2, 0) is 14.8 Å². The summed E-state index contributed by atoms with van der Waals surface area (Å²) < 4.78 is 31.8. The maximum Gasteiger partial charge on any atom is 0.253 e. The molecule has 0 amide bonds. The van der Waals surface area contributed by atoms with Crippen molar-refractivity contribution in [3.63, 3.8) is 0 Å². The van der Waals surface area contributed by atoms with Gasteiger partial charge in [-0.25, -0.2) is 12.7 Å². The largest absolute Gasteiger partial charge is 0.504 e. The topological polar surface area (TPSA) is 125 Å². The summed E-state index contributed by atoms with van der Waals surface area (Å²) in [5.74, 6) is -0.639. The highest BCUT2D eigenvalue weighted by Crippen LogP contribution is 2.39. The van der Waals surface area contributed by atoms with Gasteiger partial charge in [0.15, 0.2) is 5.75 Å². The fraction of sp³-hybridized carbons (Fsp3) is 0.500. The molecule has 0 aromatic heterocycles. The Kier molecular flexibility index (Phi) is 6.66. The molecule has 0 radical (unpaired) electrons. The van der Waals surface area contributed by atoms with E-state index in [9.17, 15) is 23.1 Å². The summed E-state index contributed by atoms with van der Waals surface area (Å²) in [4.78, 5) is 23.9. The van der Waals surface area contributed by atoms with E-state index in [0.29, 0.717) is 6.42 Å². The number of nitrogens with one attached hydrogen (secondary N) is 2. The van der Waals surface area contributed by atoms with Gasteiger partial charge in [-0.15, -0.1) is 0 Å². The number of nitrogens with zero attached hydrogens (tertiary/aromatic N) is 1. The first kappa shape index (κ1) is 23.5. The Labute approximate surface area is 185 Å². The van der Waals surface area contributed by atoms with Gasteiger partial charge in [-0.3, -0.25) is 9.59 Å². The molecule has 1 unspecified atom stereocenters. The number of halogens is 1. The average molecular weight is 472 g/mol. The molecular weight excluding hydrogens is 446 g/mol. The molecule has 0 bridgehead atoms. The molecule has 170 valence electrons. The molecule has 3 rings (SSSR count). The van der Waals surface area contributed by atoms with Crippen LogP contribution in [0.15, 0.2) is 26.6 Å². The Hall–Kier alpha value is -2.14. The van der Waals surface area contributed by atoms with E-state index in [1.165, 1.54) is 26.2 Å². The smallest absolute Gasteiger partial charge is 0.253 e. The lowest BCUT2D eigenvalue weighted by atomic mass is 10.0. The van der Waals surface area contributed by atoms with Crippen molar-refractivity contribution in [1.29, 1.82) is 0 Å². The summed E-state index contributed by atoms with van der Waals surface area (Å²) in [5, 5.41) is 16.2. The second kappa shape index (κ2) is 8.78. The van der Waals surface area contributed by atoms with Gasteiger partial charge >= 0.3 is 0 Å². The number of ether oxygens (including phenoxy) is 1. The fourth-order valence-corrected chi connectivity index (χ4v) is 5.11. The number of anilines is 3. The second-order valence-corrected chi connectivity index (χ2v) is 10.3. The van der Waals surface area contributed by atoms with E-state index in [0.717, 1.165) is 17.1 Å². The quantitative estimate of drug-likeness (QED) is 0.396. The van der Waals surface area contributed by atoms with Crippen molar-refractivity contribution in [2.45, 2.75) is 56.3 Å². The second-order valence-electron chi connectivity index (χ2n) is 7.81. The number of hydrogen-bond donors (Lipinski definition) is 3. The van der Waals surface area contributed by atoms with E-state index >= 15 is 0 Å². The molecule has 2 aromatic carbocycles. The third-order valence-corrected chi connectivity index (χ3v) is 7.79. The van der Waals surface area contributed by atoms with Gasteiger partial charge in [-0.1, -0.05) is 18.5 Å². The number of sulfonamides is 1. The van der Waals surface area contributed by atoms with Gasteiger partial charge in [-0.2, -0.15) is 0 Å². The van der Waals surface area contributed by atoms with Crippen LogP contribution in [-0.4, -0.2) is 50.2 Å². The molecule has 0 saturated carbocycles. The van der Waals surface area contributed by atoms with Crippen LogP contribution < -0.4 is 21.5 Å². The number of rotatable bonds is 8. The van der Waals surface area contributed by atoms with Crippen molar-refractivity contribution in [2.75, 3.05) is 24.7 Å². The zero-order valence-electron chi connectivity index (χ0n) is 17.7. The van der Waals surface area contributed by atoms with Gasteiger partial charge < -0.3 is 20.5 Å². The minimum Gasteiger partial charge on any atom is -0.504 e. The van der Waals surface area contributed by atoms with Crippen molar-refractivity contribution in [2.24, 2.45) is 0 Å². The first-order valence-corrected chi connectivity index (χ1v) is 11.8. The molecule has 2 aromatic rings. The maximum absolute atomic E-state index is 12.5. The molecule has 3 atom stereocenters. The third kappa shape index (κ3) is 4.30. The van der Waals surface area contributed by atoms with Crippen molar-refractivity contribution in [3.05, 3.63) is 37.6 Å².